The number of hydrogen-bond acceptors (Lipinski definition) is 4. The number of fused-ring (bicyclic) bond motifs is 1. The van der Waals surface area contributed by atoms with Gasteiger partial charge in [-0.15, -0.1) is 0 Å². The van der Waals surface area contributed by atoms with E-state index < -0.39 is 10.0 Å². The number of sulfonamides is 1. The number of carbonyl (C=O) groups excluding carboxylic acids is 1. The molecule has 0 bridgehead atoms. The molecule has 0 fully saturated rings. The molecule has 5 nitrogen and oxygen atoms in total. The highest BCUT2D eigenvalue weighted by Crippen LogP contribution is 2.29. The lowest BCUT2D eigenvalue weighted by molar-refractivity contribution is 0.112. The van der Waals surface area contributed by atoms with Gasteiger partial charge in [0.1, 0.15) is 5.75 Å². The van der Waals surface area contributed by atoms with E-state index in [0.29, 0.717) is 29.2 Å². The summed E-state index contributed by atoms with van der Waals surface area (Å²) in [6.07, 6.45) is 1.33. The van der Waals surface area contributed by atoms with Crippen molar-refractivity contribution in [1.29, 1.82) is 0 Å². The second-order valence-electron chi connectivity index (χ2n) is 5.38. The molecular formula is C17H17NO4S. The molecule has 0 N–H and O–H groups in total. The Labute approximate surface area is 135 Å². The van der Waals surface area contributed by atoms with Gasteiger partial charge in [-0.25, -0.2) is 8.42 Å². The Morgan fingerprint density at radius 2 is 1.87 bits per heavy atom. The molecule has 3 rings (SSSR count). The maximum absolute atomic E-state index is 12.7. The molecule has 0 unspecified atom stereocenters. The molecule has 0 atom stereocenters. The summed E-state index contributed by atoms with van der Waals surface area (Å²) in [4.78, 5) is 11.4. The summed E-state index contributed by atoms with van der Waals surface area (Å²) in [6.45, 7) is 0.677. The molecule has 1 aliphatic heterocycles. The Kier molecular flexibility index (Phi) is 4.19. The Bertz CT molecular complexity index is 831. The van der Waals surface area contributed by atoms with Crippen molar-refractivity contribution in [2.24, 2.45) is 0 Å². The highest BCUT2D eigenvalue weighted by Gasteiger charge is 2.28. The second kappa shape index (κ2) is 6.14. The number of carbonyl (C=O) groups is 1. The Morgan fingerprint density at radius 3 is 2.52 bits per heavy atom. The van der Waals surface area contributed by atoms with E-state index in [4.69, 9.17) is 4.74 Å². The van der Waals surface area contributed by atoms with Crippen molar-refractivity contribution in [3.63, 3.8) is 0 Å². The van der Waals surface area contributed by atoms with Crippen molar-refractivity contribution in [3.05, 3.63) is 59.2 Å². The molecule has 0 aliphatic carbocycles. The zero-order valence-electron chi connectivity index (χ0n) is 12.7. The van der Waals surface area contributed by atoms with E-state index in [1.54, 1.807) is 42.5 Å². The molecule has 0 saturated carbocycles. The molecule has 6 heteroatoms. The van der Waals surface area contributed by atoms with Crippen LogP contribution in [-0.4, -0.2) is 32.7 Å². The zero-order valence-corrected chi connectivity index (χ0v) is 13.5. The fourth-order valence-electron chi connectivity index (χ4n) is 2.80. The molecule has 0 aromatic heterocycles. The highest BCUT2D eigenvalue weighted by molar-refractivity contribution is 7.89. The van der Waals surface area contributed by atoms with Gasteiger partial charge in [-0.05, 0) is 41.8 Å². The number of benzene rings is 2. The fourth-order valence-corrected chi connectivity index (χ4v) is 4.24. The minimum atomic E-state index is -3.52. The first-order chi connectivity index (χ1) is 11.1. The van der Waals surface area contributed by atoms with Crippen molar-refractivity contribution in [2.75, 3.05) is 13.7 Å². The Hall–Kier alpha value is -2.18. The van der Waals surface area contributed by atoms with Crippen LogP contribution in [0.15, 0.2) is 47.4 Å². The van der Waals surface area contributed by atoms with Gasteiger partial charge in [-0.1, -0.05) is 18.2 Å². The standard InChI is InChI=1S/C17H17NO4S/c1-22-17-10-14-11-18(8-7-13(14)9-15(17)12-19)23(20,21)16-5-3-2-4-6-16/h2-6,9-10,12H,7-8,11H2,1H3. The zero-order chi connectivity index (χ0) is 16.4. The lowest BCUT2D eigenvalue weighted by Crippen LogP contribution is -2.36. The third kappa shape index (κ3) is 2.87. The van der Waals surface area contributed by atoms with E-state index in [2.05, 4.69) is 0 Å². The van der Waals surface area contributed by atoms with E-state index in [1.807, 2.05) is 0 Å². The summed E-state index contributed by atoms with van der Waals surface area (Å²) in [5.74, 6) is 0.470. The van der Waals surface area contributed by atoms with Gasteiger partial charge in [-0.3, -0.25) is 4.79 Å². The normalized spacial score (nSPS) is 15.0. The molecule has 2 aromatic carbocycles. The third-order valence-corrected chi connectivity index (χ3v) is 5.90. The van der Waals surface area contributed by atoms with Crippen LogP contribution in [0.2, 0.25) is 0 Å². The SMILES string of the molecule is COc1cc2c(cc1C=O)CCN(S(=O)(=O)c1ccccc1)C2. The van der Waals surface area contributed by atoms with Gasteiger partial charge in [0.2, 0.25) is 10.0 Å². The van der Waals surface area contributed by atoms with E-state index in [1.165, 1.54) is 11.4 Å². The largest absolute Gasteiger partial charge is 0.496 e. The first kappa shape index (κ1) is 15.7. The van der Waals surface area contributed by atoms with Crippen LogP contribution in [0.1, 0.15) is 21.5 Å². The molecule has 0 spiro atoms. The lowest BCUT2D eigenvalue weighted by atomic mass is 9.98. The van der Waals surface area contributed by atoms with Crippen LogP contribution in [0.5, 0.6) is 5.75 Å². The van der Waals surface area contributed by atoms with Gasteiger partial charge < -0.3 is 4.74 Å². The molecule has 0 radical (unpaired) electrons. The van der Waals surface area contributed by atoms with Crippen molar-refractivity contribution in [1.82, 2.24) is 4.31 Å². The number of hydrogen-bond donors (Lipinski definition) is 0. The second-order valence-corrected chi connectivity index (χ2v) is 7.32. The van der Waals surface area contributed by atoms with Crippen LogP contribution >= 0.6 is 0 Å². The monoisotopic (exact) mass is 331 g/mol. The Morgan fingerprint density at radius 1 is 1.13 bits per heavy atom. The molecule has 1 aliphatic rings. The first-order valence-electron chi connectivity index (χ1n) is 7.26. The van der Waals surface area contributed by atoms with Gasteiger partial charge >= 0.3 is 0 Å². The van der Waals surface area contributed by atoms with Crippen LogP contribution in [0.25, 0.3) is 0 Å². The van der Waals surface area contributed by atoms with Gasteiger partial charge in [-0.2, -0.15) is 4.31 Å². The van der Waals surface area contributed by atoms with E-state index in [0.717, 1.165) is 17.4 Å². The van der Waals surface area contributed by atoms with Crippen LogP contribution in [-0.2, 0) is 23.0 Å². The van der Waals surface area contributed by atoms with E-state index >= 15 is 0 Å². The highest BCUT2D eigenvalue weighted by atomic mass is 32.2. The number of methoxy groups -OCH3 is 1. The summed E-state index contributed by atoms with van der Waals surface area (Å²) >= 11 is 0. The maximum atomic E-state index is 12.7. The summed E-state index contributed by atoms with van der Waals surface area (Å²) < 4.78 is 32.1. The smallest absolute Gasteiger partial charge is 0.243 e. The topological polar surface area (TPSA) is 63.7 Å². The predicted molar refractivity (Wildman–Crippen MR) is 86.1 cm³/mol. The number of ether oxygens (including phenoxy) is 1. The number of aldehydes is 1. The maximum Gasteiger partial charge on any atom is 0.243 e. The van der Waals surface area contributed by atoms with E-state index in [-0.39, 0.29) is 6.54 Å². The lowest BCUT2D eigenvalue weighted by Gasteiger charge is -2.28. The molecule has 23 heavy (non-hydrogen) atoms. The third-order valence-electron chi connectivity index (χ3n) is 4.04. The minimum Gasteiger partial charge on any atom is -0.496 e. The van der Waals surface area contributed by atoms with Crippen LogP contribution in [0.4, 0.5) is 0 Å². The van der Waals surface area contributed by atoms with Gasteiger partial charge in [0.05, 0.1) is 17.6 Å². The predicted octanol–water partition coefficient (Wildman–Crippen LogP) is 2.25. The molecule has 0 amide bonds. The quantitative estimate of drug-likeness (QED) is 0.806. The van der Waals surface area contributed by atoms with Gasteiger partial charge in [0, 0.05) is 13.1 Å². The van der Waals surface area contributed by atoms with Crippen LogP contribution in [0, 0.1) is 0 Å². The summed E-state index contributed by atoms with van der Waals surface area (Å²) in [7, 11) is -2.02. The average Bonchev–Trinajstić information content (AvgIpc) is 2.60. The van der Waals surface area contributed by atoms with E-state index in [9.17, 15) is 13.2 Å². The Balaban J connectivity index is 1.95. The summed E-state index contributed by atoms with van der Waals surface area (Å²) in [5.41, 5.74) is 2.36. The molecule has 1 heterocycles. The van der Waals surface area contributed by atoms with Gasteiger partial charge in [0.15, 0.2) is 6.29 Å². The molecule has 0 saturated heterocycles. The molecular weight excluding hydrogens is 314 g/mol. The van der Waals surface area contributed by atoms with Crippen LogP contribution in [0.3, 0.4) is 0 Å². The average molecular weight is 331 g/mol. The number of rotatable bonds is 4. The van der Waals surface area contributed by atoms with Gasteiger partial charge in [0.25, 0.3) is 0 Å². The molecule has 120 valence electrons. The number of nitrogens with zero attached hydrogens (tertiary/aromatic N) is 1. The van der Waals surface area contributed by atoms with Crippen molar-refractivity contribution in [2.45, 2.75) is 17.9 Å². The van der Waals surface area contributed by atoms with Crippen LogP contribution < -0.4 is 4.74 Å². The minimum absolute atomic E-state index is 0.280. The van der Waals surface area contributed by atoms with Crippen molar-refractivity contribution in [3.8, 4) is 5.75 Å². The van der Waals surface area contributed by atoms with Crippen molar-refractivity contribution < 1.29 is 17.9 Å². The molecule has 2 aromatic rings. The van der Waals surface area contributed by atoms with Crippen molar-refractivity contribution >= 4 is 16.3 Å². The first-order valence-corrected chi connectivity index (χ1v) is 8.70. The summed E-state index contributed by atoms with van der Waals surface area (Å²) in [5, 5.41) is 0. The fraction of sp³-hybridized carbons (Fsp3) is 0.235. The summed E-state index contributed by atoms with van der Waals surface area (Å²) in [6, 6.07) is 12.0.